The molecule has 1 heterocycles. The average Bonchev–Trinajstić information content (AvgIpc) is 2.97. The summed E-state index contributed by atoms with van der Waals surface area (Å²) < 4.78 is 33.7. The third-order valence-electron chi connectivity index (χ3n) is 6.25. The molecule has 2 amide bonds. The molecule has 224 valence electrons. The quantitative estimate of drug-likeness (QED) is 0.118. The van der Waals surface area contributed by atoms with Crippen LogP contribution in [-0.4, -0.2) is 45.9 Å². The van der Waals surface area contributed by atoms with Gasteiger partial charge in [0.1, 0.15) is 6.04 Å². The van der Waals surface area contributed by atoms with Gasteiger partial charge in [-0.25, -0.2) is 17.9 Å². The van der Waals surface area contributed by atoms with Gasteiger partial charge in [-0.15, -0.1) is 0 Å². The van der Waals surface area contributed by atoms with E-state index in [1.54, 1.807) is 36.4 Å². The van der Waals surface area contributed by atoms with Crippen LogP contribution in [0.25, 0.3) is 0 Å². The van der Waals surface area contributed by atoms with Crippen LogP contribution in [0.15, 0.2) is 66.9 Å². The molecule has 12 nitrogen and oxygen atoms in total. The number of sulfonamides is 1. The Bertz CT molecular complexity index is 1520. The van der Waals surface area contributed by atoms with Crippen molar-refractivity contribution in [2.24, 2.45) is 5.73 Å². The number of hydrogen-bond donors (Lipinski definition) is 4. The van der Waals surface area contributed by atoms with Crippen LogP contribution in [0.1, 0.15) is 39.2 Å². The van der Waals surface area contributed by atoms with Crippen molar-refractivity contribution in [1.82, 2.24) is 15.4 Å². The Balaban J connectivity index is 1.66. The van der Waals surface area contributed by atoms with Gasteiger partial charge in [0.25, 0.3) is 0 Å². The van der Waals surface area contributed by atoms with Crippen molar-refractivity contribution in [3.05, 3.63) is 105 Å². The molecule has 0 radical (unpaired) electrons. The maximum atomic E-state index is 13.1. The zero-order valence-corrected chi connectivity index (χ0v) is 24.4. The van der Waals surface area contributed by atoms with E-state index in [1.165, 1.54) is 37.6 Å². The monoisotopic (exact) mass is 617 g/mol. The number of halogens is 1. The lowest BCUT2D eigenvalue weighted by Gasteiger charge is -2.18. The fraction of sp³-hybridized carbons (Fsp3) is 0.286. The second kappa shape index (κ2) is 15.3. The van der Waals surface area contributed by atoms with Crippen molar-refractivity contribution in [2.75, 3.05) is 13.7 Å². The number of benzene rings is 2. The summed E-state index contributed by atoms with van der Waals surface area (Å²) in [6, 6.07) is 14.4. The first-order valence-electron chi connectivity index (χ1n) is 12.9. The highest BCUT2D eigenvalue weighted by Crippen LogP contribution is 2.16. The number of ether oxygens (including phenoxy) is 1. The third-order valence-corrected chi connectivity index (χ3v) is 7.84. The van der Waals surface area contributed by atoms with Gasteiger partial charge in [0.2, 0.25) is 21.8 Å². The number of nitrogens with two attached hydrogens (primary N) is 1. The largest absolute Gasteiger partial charge is 0.619 e. The molecular formula is C28H32ClN5O7S. The van der Waals surface area contributed by atoms with E-state index < -0.39 is 46.1 Å². The molecule has 1 aromatic heterocycles. The molecule has 0 saturated heterocycles. The van der Waals surface area contributed by atoms with Crippen LogP contribution >= 0.6 is 11.6 Å². The minimum absolute atomic E-state index is 0.0530. The molecule has 3 aromatic rings. The Morgan fingerprint density at radius 1 is 1.05 bits per heavy atom. The van der Waals surface area contributed by atoms with Crippen molar-refractivity contribution < 1.29 is 32.3 Å². The van der Waals surface area contributed by atoms with Gasteiger partial charge in [-0.05, 0) is 47.4 Å². The van der Waals surface area contributed by atoms with E-state index >= 15 is 0 Å². The Hall–Kier alpha value is -4.04. The number of carbonyl (C=O) groups excluding carboxylic acids is 3. The third kappa shape index (κ3) is 9.80. The van der Waals surface area contributed by atoms with Gasteiger partial charge < -0.3 is 26.3 Å². The normalized spacial score (nSPS) is 11.9. The predicted molar refractivity (Wildman–Crippen MR) is 155 cm³/mol. The van der Waals surface area contributed by atoms with Gasteiger partial charge in [-0.2, -0.15) is 4.73 Å². The number of nitrogens with one attached hydrogen (secondary N) is 3. The van der Waals surface area contributed by atoms with E-state index in [9.17, 15) is 28.0 Å². The number of amides is 2. The molecule has 0 bridgehead atoms. The summed E-state index contributed by atoms with van der Waals surface area (Å²) in [6.45, 7) is -0.0390. The summed E-state index contributed by atoms with van der Waals surface area (Å²) in [7, 11) is -2.83. The zero-order valence-electron chi connectivity index (χ0n) is 22.8. The van der Waals surface area contributed by atoms with Crippen molar-refractivity contribution in [2.45, 2.75) is 37.7 Å². The van der Waals surface area contributed by atoms with Gasteiger partial charge >= 0.3 is 5.97 Å². The molecule has 42 heavy (non-hydrogen) atoms. The van der Waals surface area contributed by atoms with Crippen LogP contribution in [0.4, 0.5) is 0 Å². The molecule has 5 N–H and O–H groups in total. The molecular weight excluding hydrogens is 586 g/mol. The number of carbonyl (C=O) groups is 3. The van der Waals surface area contributed by atoms with Gasteiger partial charge in [0.15, 0.2) is 11.9 Å². The molecule has 3 rings (SSSR count). The fourth-order valence-electron chi connectivity index (χ4n) is 4.03. The number of hydrogen-bond acceptors (Lipinski definition) is 8. The molecule has 0 spiro atoms. The maximum absolute atomic E-state index is 13.1. The lowest BCUT2D eigenvalue weighted by molar-refractivity contribution is -0.614. The Morgan fingerprint density at radius 3 is 2.45 bits per heavy atom. The molecule has 0 saturated carbocycles. The van der Waals surface area contributed by atoms with Crippen molar-refractivity contribution >= 4 is 39.4 Å². The zero-order chi connectivity index (χ0) is 30.7. The summed E-state index contributed by atoms with van der Waals surface area (Å²) in [5.41, 5.74) is 8.22. The van der Waals surface area contributed by atoms with Gasteiger partial charge in [0, 0.05) is 36.7 Å². The van der Waals surface area contributed by atoms with Crippen LogP contribution in [-0.2, 0) is 49.6 Å². The van der Waals surface area contributed by atoms with E-state index in [0.717, 1.165) is 11.1 Å². The standard InChI is InChI=1S/C28H32ClN5O7S/c1-41-28(37)20-7-5-19(6-8-20)18-42(39,40)33-25(12-11-24-4-2-3-13-34(24)38)27(36)32-17-26(35)31-16-22-14-23(29)10-9-21(22)15-30/h2-10,13-14,25,33H,11-12,15-18,30H2,1H3,(H,31,35)(H,32,36). The molecule has 1 atom stereocenters. The lowest BCUT2D eigenvalue weighted by Crippen LogP contribution is -2.49. The van der Waals surface area contributed by atoms with E-state index in [-0.39, 0.29) is 31.5 Å². The van der Waals surface area contributed by atoms with E-state index in [2.05, 4.69) is 20.1 Å². The Kier molecular flexibility index (Phi) is 11.8. The summed E-state index contributed by atoms with van der Waals surface area (Å²) in [5.74, 6) is -2.30. The Morgan fingerprint density at radius 2 is 1.79 bits per heavy atom. The van der Waals surface area contributed by atoms with Crippen LogP contribution in [0, 0.1) is 5.21 Å². The second-order valence-corrected chi connectivity index (χ2v) is 11.5. The number of nitrogens with zero attached hydrogens (tertiary/aromatic N) is 1. The fourth-order valence-corrected chi connectivity index (χ4v) is 5.60. The van der Waals surface area contributed by atoms with Crippen LogP contribution < -0.4 is 25.8 Å². The number of aromatic nitrogens is 1. The molecule has 0 aliphatic rings. The number of methoxy groups -OCH3 is 1. The van der Waals surface area contributed by atoms with E-state index in [1.807, 2.05) is 0 Å². The highest BCUT2D eigenvalue weighted by atomic mass is 35.5. The molecule has 0 aliphatic carbocycles. The SMILES string of the molecule is COC(=O)c1ccc(CS(=O)(=O)NC(CCc2cccc[n+]2[O-])C(=O)NCC(=O)NCc2cc(Cl)ccc2CN)cc1. The number of pyridine rings is 1. The van der Waals surface area contributed by atoms with Gasteiger partial charge in [-0.1, -0.05) is 35.9 Å². The minimum atomic E-state index is -4.07. The summed E-state index contributed by atoms with van der Waals surface area (Å²) in [6.07, 6.45) is 1.33. The first-order valence-corrected chi connectivity index (χ1v) is 14.9. The maximum Gasteiger partial charge on any atom is 0.337 e. The number of esters is 1. The molecule has 0 fully saturated rings. The van der Waals surface area contributed by atoms with Gasteiger partial charge in [-0.3, -0.25) is 9.59 Å². The van der Waals surface area contributed by atoms with Crippen LogP contribution in [0.3, 0.4) is 0 Å². The van der Waals surface area contributed by atoms with Crippen molar-refractivity contribution in [1.29, 1.82) is 0 Å². The molecule has 1 unspecified atom stereocenters. The van der Waals surface area contributed by atoms with Crippen LogP contribution in [0.2, 0.25) is 5.02 Å². The van der Waals surface area contributed by atoms with Crippen molar-refractivity contribution in [3.8, 4) is 0 Å². The van der Waals surface area contributed by atoms with Crippen LogP contribution in [0.5, 0.6) is 0 Å². The van der Waals surface area contributed by atoms with E-state index in [4.69, 9.17) is 17.3 Å². The van der Waals surface area contributed by atoms with Gasteiger partial charge in [0.05, 0.1) is 25.0 Å². The lowest BCUT2D eigenvalue weighted by atomic mass is 10.1. The average molecular weight is 618 g/mol. The molecule has 2 aromatic carbocycles. The minimum Gasteiger partial charge on any atom is -0.619 e. The number of rotatable bonds is 14. The highest BCUT2D eigenvalue weighted by molar-refractivity contribution is 7.88. The summed E-state index contributed by atoms with van der Waals surface area (Å²) in [4.78, 5) is 37.2. The molecule has 0 aliphatic heterocycles. The van der Waals surface area contributed by atoms with Crippen molar-refractivity contribution in [3.63, 3.8) is 0 Å². The predicted octanol–water partition coefficient (Wildman–Crippen LogP) is 1.07. The second-order valence-electron chi connectivity index (χ2n) is 9.29. The molecule has 14 heteroatoms. The topological polar surface area (TPSA) is 184 Å². The number of aryl methyl sites for hydroxylation is 1. The highest BCUT2D eigenvalue weighted by Gasteiger charge is 2.26. The Labute approximate surface area is 248 Å². The summed E-state index contributed by atoms with van der Waals surface area (Å²) >= 11 is 6.03. The first kappa shape index (κ1) is 32.5. The summed E-state index contributed by atoms with van der Waals surface area (Å²) in [5, 5.41) is 17.7. The van der Waals surface area contributed by atoms with E-state index in [0.29, 0.717) is 21.0 Å². The first-order chi connectivity index (χ1) is 20.0. The smallest absolute Gasteiger partial charge is 0.337 e.